The second-order valence-electron chi connectivity index (χ2n) is 7.80. The molecule has 0 spiro atoms. The molecule has 1 saturated carbocycles. The van der Waals surface area contributed by atoms with E-state index >= 15 is 0 Å². The fourth-order valence-electron chi connectivity index (χ4n) is 3.73. The average molecular weight is 384 g/mol. The Bertz CT molecular complexity index is 639. The minimum Gasteiger partial charge on any atom is -0.465 e. The Kier molecular flexibility index (Phi) is 6.10. The number of ketones is 1. The van der Waals surface area contributed by atoms with E-state index in [4.69, 9.17) is 9.47 Å². The number of hydrogen-bond acceptors (Lipinski definition) is 6. The van der Waals surface area contributed by atoms with Gasteiger partial charge in [-0.25, -0.2) is 0 Å². The normalized spacial score (nSPS) is 25.9. The van der Waals surface area contributed by atoms with Crippen molar-refractivity contribution in [2.75, 3.05) is 13.2 Å². The number of rotatable bonds is 5. The van der Waals surface area contributed by atoms with E-state index in [0.717, 1.165) is 0 Å². The van der Waals surface area contributed by atoms with Gasteiger partial charge in [0.05, 0.1) is 13.2 Å². The molecule has 6 nitrogen and oxygen atoms in total. The summed E-state index contributed by atoms with van der Waals surface area (Å²) in [6.07, 6.45) is 2.24. The first-order valence-electron chi connectivity index (χ1n) is 9.08. The van der Waals surface area contributed by atoms with Crippen LogP contribution in [-0.2, 0) is 34.7 Å². The molecule has 0 radical (unpaired) electrons. The van der Waals surface area contributed by atoms with Crippen LogP contribution in [0.3, 0.4) is 0 Å². The lowest BCUT2D eigenvalue weighted by Crippen LogP contribution is -2.47. The van der Waals surface area contributed by atoms with Crippen molar-refractivity contribution >= 4 is 28.5 Å². The van der Waals surface area contributed by atoms with E-state index in [0.29, 0.717) is 12.0 Å². The monoisotopic (exact) mass is 384 g/mol. The van der Waals surface area contributed by atoms with Crippen molar-refractivity contribution < 1.29 is 28.1 Å². The van der Waals surface area contributed by atoms with Gasteiger partial charge in [0.2, 0.25) is 0 Å². The zero-order valence-corrected chi connectivity index (χ0v) is 16.9. The van der Waals surface area contributed by atoms with Gasteiger partial charge in [-0.2, -0.15) is 0 Å². The Balaban J connectivity index is 2.33. The Morgan fingerprint density at radius 3 is 2.19 bits per heavy atom. The summed E-state index contributed by atoms with van der Waals surface area (Å²) >= 11 is 0. The van der Waals surface area contributed by atoms with Crippen LogP contribution in [-0.4, -0.2) is 45.1 Å². The van der Waals surface area contributed by atoms with Crippen molar-refractivity contribution in [2.45, 2.75) is 63.9 Å². The van der Waals surface area contributed by atoms with Gasteiger partial charge in [0.1, 0.15) is 5.25 Å². The predicted molar refractivity (Wildman–Crippen MR) is 97.8 cm³/mol. The lowest BCUT2D eigenvalue weighted by Gasteiger charge is -2.38. The Hall–Kier alpha value is -1.50. The summed E-state index contributed by atoms with van der Waals surface area (Å²) < 4.78 is 22.6. The zero-order chi connectivity index (χ0) is 19.7. The molecule has 3 atom stereocenters. The number of carbonyl (C=O) groups excluding carboxylic acids is 3. The van der Waals surface area contributed by atoms with Crippen LogP contribution in [0.2, 0.25) is 0 Å². The van der Waals surface area contributed by atoms with Gasteiger partial charge < -0.3 is 9.47 Å². The Morgan fingerprint density at radius 1 is 1.19 bits per heavy atom. The summed E-state index contributed by atoms with van der Waals surface area (Å²) in [5, 5.41) is -0.604. The van der Waals surface area contributed by atoms with Crippen LogP contribution in [0, 0.1) is 11.3 Å². The third-order valence-corrected chi connectivity index (χ3v) is 7.23. The van der Waals surface area contributed by atoms with E-state index in [1.807, 2.05) is 20.8 Å². The van der Waals surface area contributed by atoms with Gasteiger partial charge in [-0.3, -0.25) is 18.6 Å². The predicted octanol–water partition coefficient (Wildman–Crippen LogP) is 2.32. The number of hydrogen-bond donors (Lipinski definition) is 0. The highest BCUT2D eigenvalue weighted by atomic mass is 32.2. The third kappa shape index (κ3) is 3.63. The molecule has 0 heterocycles. The lowest BCUT2D eigenvalue weighted by atomic mass is 9.68. The molecule has 0 saturated heterocycles. The van der Waals surface area contributed by atoms with Crippen LogP contribution in [0.25, 0.3) is 0 Å². The van der Waals surface area contributed by atoms with Gasteiger partial charge in [-0.1, -0.05) is 5.57 Å². The number of ether oxygens (including phenoxy) is 2. The van der Waals surface area contributed by atoms with E-state index in [-0.39, 0.29) is 37.8 Å². The maximum Gasteiger partial charge on any atom is 0.323 e. The van der Waals surface area contributed by atoms with Gasteiger partial charge in [0.15, 0.2) is 11.2 Å². The van der Waals surface area contributed by atoms with Gasteiger partial charge in [-0.15, -0.1) is 0 Å². The van der Waals surface area contributed by atoms with E-state index in [1.165, 1.54) is 6.08 Å². The quantitative estimate of drug-likeness (QED) is 0.534. The zero-order valence-electron chi connectivity index (χ0n) is 16.1. The summed E-state index contributed by atoms with van der Waals surface area (Å²) in [6, 6.07) is 0. The smallest absolute Gasteiger partial charge is 0.323 e. The van der Waals surface area contributed by atoms with Gasteiger partial charge in [-0.05, 0) is 60.0 Å². The van der Waals surface area contributed by atoms with Crippen molar-refractivity contribution in [3.05, 3.63) is 11.6 Å². The maximum absolute atomic E-state index is 12.8. The van der Waals surface area contributed by atoms with Crippen LogP contribution < -0.4 is 0 Å². The minimum absolute atomic E-state index is 0.0961. The molecule has 0 aromatic rings. The maximum atomic E-state index is 12.8. The molecule has 1 fully saturated rings. The van der Waals surface area contributed by atoms with Crippen LogP contribution >= 0.6 is 0 Å². The van der Waals surface area contributed by atoms with Crippen molar-refractivity contribution in [3.63, 3.8) is 0 Å². The molecule has 146 valence electrons. The molecule has 1 unspecified atom stereocenters. The first kappa shape index (κ1) is 20.8. The van der Waals surface area contributed by atoms with Crippen molar-refractivity contribution in [1.29, 1.82) is 0 Å². The molecular weight excluding hydrogens is 356 g/mol. The lowest BCUT2D eigenvalue weighted by molar-refractivity contribution is -0.174. The second kappa shape index (κ2) is 7.62. The minimum atomic E-state index is -1.41. The summed E-state index contributed by atoms with van der Waals surface area (Å²) in [5.41, 5.74) is -0.697. The average Bonchev–Trinajstić information content (AvgIpc) is 2.87. The van der Waals surface area contributed by atoms with E-state index in [2.05, 4.69) is 0 Å². The van der Waals surface area contributed by atoms with E-state index < -0.39 is 38.2 Å². The highest BCUT2D eigenvalue weighted by Gasteiger charge is 2.56. The molecule has 2 aliphatic rings. The molecule has 2 rings (SSSR count). The molecular formula is C19H28O6S. The molecule has 2 aliphatic carbocycles. The molecule has 26 heavy (non-hydrogen) atoms. The summed E-state index contributed by atoms with van der Waals surface area (Å²) in [4.78, 5) is 37.7. The fourth-order valence-corrected chi connectivity index (χ4v) is 5.38. The molecule has 0 N–H and O–H groups in total. The largest absolute Gasteiger partial charge is 0.465 e. The number of carbonyl (C=O) groups is 3. The molecule has 7 heteroatoms. The number of esters is 2. The first-order chi connectivity index (χ1) is 12.1. The standard InChI is InChI=1S/C19H28O6S/c1-6-24-16(21)19(17(22)25-7-2)9-8-13-12(11-19)10-14(20)15(13)26(23)18(3,4)5/h10,13,15H,6-9,11H2,1-5H3/t13-,15+,26?/m0/s1. The summed E-state index contributed by atoms with van der Waals surface area (Å²) in [5.74, 6) is -1.59. The molecule has 0 aliphatic heterocycles. The van der Waals surface area contributed by atoms with Gasteiger partial charge >= 0.3 is 11.9 Å². The van der Waals surface area contributed by atoms with Crippen LogP contribution in [0.15, 0.2) is 11.6 Å². The van der Waals surface area contributed by atoms with Crippen LogP contribution in [0.5, 0.6) is 0 Å². The SMILES string of the molecule is CCOC(=O)C1(C(=O)OCC)CC[C@H]2C(=CC(=O)[C@@H]2S(=O)C(C)(C)C)C1. The molecule has 0 aromatic heterocycles. The fraction of sp³-hybridized carbons (Fsp3) is 0.737. The van der Waals surface area contributed by atoms with Gasteiger partial charge in [0.25, 0.3) is 0 Å². The third-order valence-electron chi connectivity index (χ3n) is 5.00. The van der Waals surface area contributed by atoms with E-state index in [9.17, 15) is 18.6 Å². The number of allylic oxidation sites excluding steroid dienone is 2. The van der Waals surface area contributed by atoms with Crippen LogP contribution in [0.1, 0.15) is 53.9 Å². The van der Waals surface area contributed by atoms with E-state index in [1.54, 1.807) is 13.8 Å². The van der Waals surface area contributed by atoms with Gasteiger partial charge in [0, 0.05) is 21.5 Å². The topological polar surface area (TPSA) is 86.7 Å². The summed E-state index contributed by atoms with van der Waals surface area (Å²) in [6.45, 7) is 9.23. The highest BCUT2D eigenvalue weighted by molar-refractivity contribution is 7.87. The Morgan fingerprint density at radius 2 is 1.73 bits per heavy atom. The second-order valence-corrected chi connectivity index (χ2v) is 10.1. The summed E-state index contributed by atoms with van der Waals surface area (Å²) in [7, 11) is -1.35. The first-order valence-corrected chi connectivity index (χ1v) is 10.3. The molecule has 0 aromatic carbocycles. The van der Waals surface area contributed by atoms with Crippen LogP contribution in [0.4, 0.5) is 0 Å². The Labute approximate surface area is 157 Å². The van der Waals surface area contributed by atoms with Crippen molar-refractivity contribution in [2.24, 2.45) is 11.3 Å². The van der Waals surface area contributed by atoms with Crippen molar-refractivity contribution in [1.82, 2.24) is 0 Å². The number of fused-ring (bicyclic) bond motifs is 1. The molecule has 0 amide bonds. The van der Waals surface area contributed by atoms with Crippen molar-refractivity contribution in [3.8, 4) is 0 Å². The molecule has 0 bridgehead atoms. The highest BCUT2D eigenvalue weighted by Crippen LogP contribution is 2.49.